The summed E-state index contributed by atoms with van der Waals surface area (Å²) in [6.45, 7) is 2.30. The number of nitrogens with one attached hydrogen (secondary N) is 1. The molecule has 0 saturated heterocycles. The van der Waals surface area contributed by atoms with Crippen molar-refractivity contribution < 1.29 is 110 Å². The number of halogens is 21. The van der Waals surface area contributed by atoms with Crippen molar-refractivity contribution in [2.75, 3.05) is 0 Å². The first-order valence-electron chi connectivity index (χ1n) is 8.27. The molecule has 0 aromatic rings. The van der Waals surface area contributed by atoms with E-state index in [-0.39, 0.29) is 0 Å². The molecule has 0 radical (unpaired) electrons. The van der Waals surface area contributed by atoms with Gasteiger partial charge in [-0.1, -0.05) is 6.58 Å². The highest BCUT2D eigenvalue weighted by Gasteiger charge is 2.96. The number of sulfonamides is 1. The van der Waals surface area contributed by atoms with E-state index in [1.165, 1.54) is 0 Å². The fourth-order valence-corrected chi connectivity index (χ4v) is 2.89. The van der Waals surface area contributed by atoms with Crippen molar-refractivity contribution >= 4 is 16.0 Å². The predicted molar refractivity (Wildman–Crippen MR) is 78.9 cm³/mol. The van der Waals surface area contributed by atoms with E-state index in [4.69, 9.17) is 0 Å². The van der Waals surface area contributed by atoms with Gasteiger partial charge >= 0.3 is 65.1 Å². The zero-order valence-corrected chi connectivity index (χ0v) is 18.1. The molecular weight excluding hydrogens is 665 g/mol. The van der Waals surface area contributed by atoms with Crippen molar-refractivity contribution in [3.05, 3.63) is 12.7 Å². The highest BCUT2D eigenvalue weighted by atomic mass is 32.2. The lowest BCUT2D eigenvalue weighted by Gasteiger charge is -2.42. The van der Waals surface area contributed by atoms with E-state index in [0.29, 0.717) is 0 Å². The molecule has 0 unspecified atom stereocenters. The Kier molecular flexibility index (Phi) is 9.04. The Balaban J connectivity index is 6.99. The lowest BCUT2D eigenvalue weighted by Crippen LogP contribution is -2.75. The molecule has 0 aromatic heterocycles. The average Bonchev–Trinajstić information content (AvgIpc) is 2.70. The van der Waals surface area contributed by atoms with Gasteiger partial charge in [-0.05, 0) is 0 Å². The number of esters is 1. The molecule has 0 amide bonds. The maximum atomic E-state index is 13.7. The van der Waals surface area contributed by atoms with Crippen molar-refractivity contribution in [1.29, 1.82) is 0 Å². The lowest BCUT2D eigenvalue weighted by molar-refractivity contribution is -0.458. The average molecular weight is 669 g/mol. The van der Waals surface area contributed by atoms with Gasteiger partial charge in [-0.25, -0.2) is 13.2 Å². The molecule has 5 nitrogen and oxygen atoms in total. The van der Waals surface area contributed by atoms with Gasteiger partial charge in [0.15, 0.2) is 0 Å². The zero-order valence-electron chi connectivity index (χ0n) is 17.3. The summed E-state index contributed by atoms with van der Waals surface area (Å²) >= 11 is 0. The molecular formula is C13H4F21NO4S. The van der Waals surface area contributed by atoms with Crippen LogP contribution in [0.1, 0.15) is 0 Å². The number of rotatable bonds is 12. The smallest absolute Gasteiger partial charge is 0.392 e. The quantitative estimate of drug-likeness (QED) is 0.124. The summed E-state index contributed by atoms with van der Waals surface area (Å²) in [5.74, 6) is -56.9. The molecule has 0 spiro atoms. The third-order valence-electron chi connectivity index (χ3n) is 4.05. The van der Waals surface area contributed by atoms with Crippen LogP contribution in [0.3, 0.4) is 0 Å². The van der Waals surface area contributed by atoms with Crippen molar-refractivity contribution in [2.24, 2.45) is 0 Å². The van der Waals surface area contributed by atoms with E-state index < -0.39 is 85.9 Å². The third kappa shape index (κ3) is 5.10. The third-order valence-corrected chi connectivity index (χ3v) is 5.51. The fraction of sp³-hybridized carbons (Fsp3) is 0.769. The van der Waals surface area contributed by atoms with Crippen LogP contribution in [0.15, 0.2) is 12.7 Å². The van der Waals surface area contributed by atoms with E-state index in [9.17, 15) is 105 Å². The Bertz CT molecular complexity index is 1090. The van der Waals surface area contributed by atoms with Crippen LogP contribution < -0.4 is 4.72 Å². The van der Waals surface area contributed by atoms with E-state index in [1.54, 1.807) is 0 Å². The van der Waals surface area contributed by atoms with Gasteiger partial charge in [0.05, 0.1) is 0 Å². The molecule has 238 valence electrons. The van der Waals surface area contributed by atoms with Crippen molar-refractivity contribution in [3.8, 4) is 0 Å². The van der Waals surface area contributed by atoms with Gasteiger partial charge < -0.3 is 4.74 Å². The number of hydrogen-bond acceptors (Lipinski definition) is 4. The molecule has 0 fully saturated rings. The Labute approximate surface area is 203 Å². The van der Waals surface area contributed by atoms with E-state index in [2.05, 4.69) is 11.3 Å². The SMILES string of the molecule is C=CC(=O)OC(F)(F)C(F)(F)NS(=O)(=O)C(F)(F)C(F)(F)C(F)(F)C(F)(F)C(F)(F)C(F)(F)C(F)(F)C(F)(F)F. The van der Waals surface area contributed by atoms with Crippen LogP contribution in [-0.4, -0.2) is 73.5 Å². The number of carbonyl (C=O) groups is 1. The molecule has 0 rings (SSSR count). The minimum atomic E-state index is -9.27. The van der Waals surface area contributed by atoms with Crippen LogP contribution in [0.2, 0.25) is 0 Å². The Morgan fingerprint density at radius 1 is 0.575 bits per heavy atom. The Hall–Kier alpha value is -2.35. The van der Waals surface area contributed by atoms with Gasteiger partial charge in [0, 0.05) is 6.08 Å². The summed E-state index contributed by atoms with van der Waals surface area (Å²) in [4.78, 5) is 10.5. The maximum Gasteiger partial charge on any atom is 0.483 e. The molecule has 27 heteroatoms. The molecule has 1 N–H and O–H groups in total. The second-order valence-corrected chi connectivity index (χ2v) is 8.51. The van der Waals surface area contributed by atoms with Crippen LogP contribution in [0, 0.1) is 0 Å². The van der Waals surface area contributed by atoms with Gasteiger partial charge in [0.2, 0.25) is 0 Å². The van der Waals surface area contributed by atoms with Gasteiger partial charge in [0.1, 0.15) is 0 Å². The number of ether oxygens (including phenoxy) is 1. The standard InChI is InChI=1S/C13H4F21NO4S/c1-2-3(36)39-12(31,32)11(29,30)35-40(37,38)13(33,34)9(24,25)7(20,21)5(16,17)4(14,15)6(18,19)8(22,23)10(26,27)28/h2,35H,1H2. The summed E-state index contributed by atoms with van der Waals surface area (Å²) in [5.41, 5.74) is 0. The largest absolute Gasteiger partial charge is 0.483 e. The molecule has 0 aliphatic rings. The van der Waals surface area contributed by atoms with Crippen LogP contribution in [0.25, 0.3) is 0 Å². The van der Waals surface area contributed by atoms with Crippen molar-refractivity contribution in [3.63, 3.8) is 0 Å². The van der Waals surface area contributed by atoms with E-state index in [1.807, 2.05) is 0 Å². The summed E-state index contributed by atoms with van der Waals surface area (Å²) in [6, 6.07) is -7.16. The number of carbonyl (C=O) groups excluding carboxylic acids is 1. The molecule has 0 aliphatic heterocycles. The lowest BCUT2D eigenvalue weighted by atomic mass is 9.91. The second kappa shape index (κ2) is 9.60. The van der Waals surface area contributed by atoms with Crippen molar-refractivity contribution in [2.45, 2.75) is 59.1 Å². The van der Waals surface area contributed by atoms with Crippen molar-refractivity contribution in [1.82, 2.24) is 4.72 Å². The minimum absolute atomic E-state index is 0.428. The highest BCUT2D eigenvalue weighted by molar-refractivity contribution is 7.90. The van der Waals surface area contributed by atoms with Gasteiger partial charge in [-0.2, -0.15) is 92.2 Å². The molecule has 0 heterocycles. The van der Waals surface area contributed by atoms with Gasteiger partial charge in [-0.15, -0.1) is 4.72 Å². The van der Waals surface area contributed by atoms with Gasteiger partial charge in [-0.3, -0.25) is 0 Å². The van der Waals surface area contributed by atoms with Crippen LogP contribution in [0.5, 0.6) is 0 Å². The summed E-state index contributed by atoms with van der Waals surface area (Å²) < 4.78 is 299. The molecule has 0 atom stereocenters. The number of alkyl halides is 21. The van der Waals surface area contributed by atoms with Crippen LogP contribution in [0.4, 0.5) is 92.2 Å². The summed E-state index contributed by atoms with van der Waals surface area (Å²) in [6.07, 6.45) is -15.3. The fourth-order valence-electron chi connectivity index (χ4n) is 1.84. The summed E-state index contributed by atoms with van der Waals surface area (Å²) in [7, 11) is -8.83. The first-order valence-corrected chi connectivity index (χ1v) is 9.75. The zero-order chi connectivity index (χ0) is 33.2. The van der Waals surface area contributed by atoms with Crippen LogP contribution >= 0.6 is 0 Å². The maximum absolute atomic E-state index is 13.7. The van der Waals surface area contributed by atoms with E-state index >= 15 is 0 Å². The molecule has 0 aliphatic carbocycles. The second-order valence-electron chi connectivity index (χ2n) is 6.78. The van der Waals surface area contributed by atoms with Gasteiger partial charge in [0.25, 0.3) is 10.0 Å². The summed E-state index contributed by atoms with van der Waals surface area (Å²) in [5, 5.41) is -8.56. The molecule has 0 saturated carbocycles. The molecule has 0 bridgehead atoms. The van der Waals surface area contributed by atoms with E-state index in [0.717, 1.165) is 0 Å². The Morgan fingerprint density at radius 2 is 0.875 bits per heavy atom. The highest BCUT2D eigenvalue weighted by Crippen LogP contribution is 2.64. The minimum Gasteiger partial charge on any atom is -0.392 e. The normalized spacial score (nSPS) is 16.1. The first-order chi connectivity index (χ1) is 16.9. The molecule has 40 heavy (non-hydrogen) atoms. The Morgan fingerprint density at radius 3 is 1.18 bits per heavy atom. The predicted octanol–water partition coefficient (Wildman–Crippen LogP) is 5.79. The number of hydrogen-bond donors (Lipinski definition) is 1. The topological polar surface area (TPSA) is 72.5 Å². The molecule has 0 aromatic carbocycles. The monoisotopic (exact) mass is 669 g/mol. The van der Waals surface area contributed by atoms with Crippen LogP contribution in [-0.2, 0) is 19.6 Å². The first kappa shape index (κ1) is 37.6.